The van der Waals surface area contributed by atoms with Crippen LogP contribution in [0.3, 0.4) is 0 Å². The van der Waals surface area contributed by atoms with Crippen LogP contribution in [0.25, 0.3) is 0 Å². The van der Waals surface area contributed by atoms with Crippen molar-refractivity contribution in [2.24, 2.45) is 5.92 Å². The standard InChI is InChI=1S/C29H46N6O3/c1-21(2)29(4,22(3)17-31-25-9-11-27(36)33-28(25)37)38-20-24-7-5-6-14-35(24)19-23-8-10-26(32-18-23)34-15-12-30-13-16-34/h8,10,18,21,24-25,30-31H,3,5-7,9,11-17,19-20H2,1-2,4H3,(H,33,36,37)/t24-,25?,29?/m1/s1. The first kappa shape index (κ1) is 28.7. The first-order valence-corrected chi connectivity index (χ1v) is 14.3. The highest BCUT2D eigenvalue weighted by Gasteiger charge is 2.35. The third-order valence-corrected chi connectivity index (χ3v) is 8.57. The SMILES string of the molecule is C=C(CNC1CCC(=O)NC1=O)C(C)(OC[C@H]1CCCCN1Cc1ccc(N2CCNCC2)nc1)C(C)C. The maximum atomic E-state index is 12.1. The summed E-state index contributed by atoms with van der Waals surface area (Å²) in [5, 5.41) is 9.09. The molecule has 38 heavy (non-hydrogen) atoms. The fraction of sp³-hybridized carbons (Fsp3) is 0.690. The van der Waals surface area contributed by atoms with E-state index in [0.29, 0.717) is 32.0 Å². The Bertz CT molecular complexity index is 962. The highest BCUT2D eigenvalue weighted by molar-refractivity contribution is 6.00. The van der Waals surface area contributed by atoms with E-state index < -0.39 is 5.60 Å². The van der Waals surface area contributed by atoms with Crippen LogP contribution in [0.4, 0.5) is 5.82 Å². The summed E-state index contributed by atoms with van der Waals surface area (Å²) in [5.74, 6) is 0.823. The van der Waals surface area contributed by atoms with Crippen molar-refractivity contribution in [2.75, 3.05) is 50.8 Å². The lowest BCUT2D eigenvalue weighted by Crippen LogP contribution is -2.52. The van der Waals surface area contributed by atoms with Crippen molar-refractivity contribution in [2.45, 2.75) is 77.1 Å². The molecule has 3 fully saturated rings. The highest BCUT2D eigenvalue weighted by Crippen LogP contribution is 2.31. The van der Waals surface area contributed by atoms with Crippen LogP contribution in [0.15, 0.2) is 30.5 Å². The van der Waals surface area contributed by atoms with E-state index in [2.05, 4.69) is 65.2 Å². The second-order valence-corrected chi connectivity index (χ2v) is 11.4. The number of imide groups is 1. The van der Waals surface area contributed by atoms with Crippen molar-refractivity contribution >= 4 is 17.6 Å². The van der Waals surface area contributed by atoms with Crippen LogP contribution in [-0.2, 0) is 20.9 Å². The van der Waals surface area contributed by atoms with Crippen molar-refractivity contribution in [3.8, 4) is 0 Å². The summed E-state index contributed by atoms with van der Waals surface area (Å²) in [7, 11) is 0. The molecule has 0 aromatic carbocycles. The predicted molar refractivity (Wildman–Crippen MR) is 150 cm³/mol. The number of aromatic nitrogens is 1. The predicted octanol–water partition coefficient (Wildman–Crippen LogP) is 2.23. The quantitative estimate of drug-likeness (QED) is 0.298. The summed E-state index contributed by atoms with van der Waals surface area (Å²) in [6.07, 6.45) is 6.43. The Morgan fingerprint density at radius 2 is 2.00 bits per heavy atom. The fourth-order valence-corrected chi connectivity index (χ4v) is 5.54. The molecule has 3 saturated heterocycles. The first-order chi connectivity index (χ1) is 18.3. The van der Waals surface area contributed by atoms with Crippen LogP contribution in [0, 0.1) is 5.92 Å². The van der Waals surface area contributed by atoms with Crippen molar-refractivity contribution in [3.63, 3.8) is 0 Å². The molecule has 3 aliphatic rings. The van der Waals surface area contributed by atoms with Crippen molar-refractivity contribution in [1.82, 2.24) is 25.8 Å². The number of hydrogen-bond acceptors (Lipinski definition) is 8. The van der Waals surface area contributed by atoms with Crippen molar-refractivity contribution in [1.29, 1.82) is 0 Å². The molecule has 4 rings (SSSR count). The number of nitrogens with zero attached hydrogens (tertiary/aromatic N) is 3. The lowest BCUT2D eigenvalue weighted by molar-refractivity contribution is -0.134. The number of nitrogens with one attached hydrogen (secondary N) is 3. The third kappa shape index (κ3) is 7.20. The van der Waals surface area contributed by atoms with Gasteiger partial charge in [0.15, 0.2) is 0 Å². The van der Waals surface area contributed by atoms with Crippen molar-refractivity contribution in [3.05, 3.63) is 36.0 Å². The molecule has 4 heterocycles. The monoisotopic (exact) mass is 526 g/mol. The second-order valence-electron chi connectivity index (χ2n) is 11.4. The molecule has 0 spiro atoms. The minimum Gasteiger partial charge on any atom is -0.369 e. The molecule has 0 bridgehead atoms. The van der Waals surface area contributed by atoms with Gasteiger partial charge in [-0.05, 0) is 55.9 Å². The molecule has 9 nitrogen and oxygen atoms in total. The van der Waals surface area contributed by atoms with Gasteiger partial charge in [-0.15, -0.1) is 0 Å². The number of anilines is 1. The average molecular weight is 527 g/mol. The first-order valence-electron chi connectivity index (χ1n) is 14.3. The summed E-state index contributed by atoms with van der Waals surface area (Å²) in [6, 6.07) is 4.34. The van der Waals surface area contributed by atoms with Crippen LogP contribution in [0.1, 0.15) is 58.4 Å². The zero-order valence-corrected chi connectivity index (χ0v) is 23.4. The number of piperazine rings is 1. The molecule has 3 N–H and O–H groups in total. The van der Waals surface area contributed by atoms with E-state index in [1.807, 2.05) is 6.20 Å². The van der Waals surface area contributed by atoms with Crippen LogP contribution in [0.5, 0.6) is 0 Å². The minimum absolute atomic E-state index is 0.203. The van der Waals surface area contributed by atoms with Crippen LogP contribution < -0.4 is 20.9 Å². The van der Waals surface area contributed by atoms with Gasteiger partial charge in [-0.1, -0.05) is 32.9 Å². The molecule has 0 radical (unpaired) electrons. The Hall–Kier alpha value is -2.33. The summed E-state index contributed by atoms with van der Waals surface area (Å²) >= 11 is 0. The number of hydrogen-bond donors (Lipinski definition) is 3. The lowest BCUT2D eigenvalue weighted by atomic mass is 9.84. The number of pyridine rings is 1. The van der Waals surface area contributed by atoms with Gasteiger partial charge in [-0.25, -0.2) is 4.98 Å². The van der Waals surface area contributed by atoms with Gasteiger partial charge in [-0.2, -0.15) is 0 Å². The van der Waals surface area contributed by atoms with Gasteiger partial charge in [-0.3, -0.25) is 19.8 Å². The molecule has 210 valence electrons. The van der Waals surface area contributed by atoms with E-state index in [1.165, 1.54) is 18.4 Å². The highest BCUT2D eigenvalue weighted by atomic mass is 16.5. The lowest BCUT2D eigenvalue weighted by Gasteiger charge is -2.41. The van der Waals surface area contributed by atoms with Gasteiger partial charge < -0.3 is 20.3 Å². The van der Waals surface area contributed by atoms with Gasteiger partial charge in [0.05, 0.1) is 18.2 Å². The topological polar surface area (TPSA) is 98.8 Å². The Morgan fingerprint density at radius 1 is 1.21 bits per heavy atom. The number of ether oxygens (including phenoxy) is 1. The number of carbonyl (C=O) groups is 2. The van der Waals surface area contributed by atoms with Crippen LogP contribution in [-0.4, -0.2) is 85.3 Å². The Morgan fingerprint density at radius 3 is 2.68 bits per heavy atom. The van der Waals surface area contributed by atoms with E-state index in [0.717, 1.165) is 57.1 Å². The van der Waals surface area contributed by atoms with Crippen LogP contribution >= 0.6 is 0 Å². The maximum Gasteiger partial charge on any atom is 0.243 e. The number of piperidine rings is 2. The summed E-state index contributed by atoms with van der Waals surface area (Å²) in [6.45, 7) is 17.8. The third-order valence-electron chi connectivity index (χ3n) is 8.57. The summed E-state index contributed by atoms with van der Waals surface area (Å²) in [5.41, 5.74) is 1.64. The largest absolute Gasteiger partial charge is 0.369 e. The Labute approximate surface area is 227 Å². The smallest absolute Gasteiger partial charge is 0.243 e. The normalized spacial score (nSPS) is 24.8. The molecule has 1 aromatic rings. The van der Waals surface area contributed by atoms with E-state index in [4.69, 9.17) is 9.72 Å². The van der Waals surface area contributed by atoms with E-state index in [1.54, 1.807) is 0 Å². The average Bonchev–Trinajstić information content (AvgIpc) is 2.92. The molecule has 3 aliphatic heterocycles. The van der Waals surface area contributed by atoms with E-state index in [9.17, 15) is 9.59 Å². The Kier molecular flexibility index (Phi) is 9.92. The fourth-order valence-electron chi connectivity index (χ4n) is 5.54. The van der Waals surface area contributed by atoms with Gasteiger partial charge in [0.1, 0.15) is 5.82 Å². The van der Waals surface area contributed by atoms with E-state index in [-0.39, 0.29) is 23.8 Å². The molecular formula is C29H46N6O3. The zero-order valence-electron chi connectivity index (χ0n) is 23.4. The van der Waals surface area contributed by atoms with Crippen molar-refractivity contribution < 1.29 is 14.3 Å². The van der Waals surface area contributed by atoms with Gasteiger partial charge >= 0.3 is 0 Å². The minimum atomic E-state index is -0.524. The van der Waals surface area contributed by atoms with E-state index >= 15 is 0 Å². The number of carbonyl (C=O) groups excluding carboxylic acids is 2. The van der Waals surface area contributed by atoms with Gasteiger partial charge in [0, 0.05) is 57.9 Å². The van der Waals surface area contributed by atoms with Crippen LogP contribution in [0.2, 0.25) is 0 Å². The second kappa shape index (κ2) is 13.2. The molecule has 1 aromatic heterocycles. The number of likely N-dealkylation sites (tertiary alicyclic amines) is 1. The summed E-state index contributed by atoms with van der Waals surface area (Å²) in [4.78, 5) is 33.2. The molecule has 0 saturated carbocycles. The van der Waals surface area contributed by atoms with Gasteiger partial charge in [0.25, 0.3) is 0 Å². The molecule has 3 atom stereocenters. The zero-order chi connectivity index (χ0) is 27.1. The molecular weight excluding hydrogens is 480 g/mol. The summed E-state index contributed by atoms with van der Waals surface area (Å²) < 4.78 is 6.68. The maximum absolute atomic E-state index is 12.1. The number of amides is 2. The Balaban J connectivity index is 1.32. The molecule has 2 amide bonds. The van der Waals surface area contributed by atoms with Gasteiger partial charge in [0.2, 0.25) is 11.8 Å². The molecule has 9 heteroatoms. The number of rotatable bonds is 11. The molecule has 0 aliphatic carbocycles. The molecule has 2 unspecified atom stereocenters.